The van der Waals surface area contributed by atoms with E-state index >= 15 is 0 Å². The monoisotopic (exact) mass is 592 g/mol. The van der Waals surface area contributed by atoms with Gasteiger partial charge in [-0.2, -0.15) is 0 Å². The van der Waals surface area contributed by atoms with Crippen LogP contribution in [0.15, 0.2) is 12.2 Å². The van der Waals surface area contributed by atoms with E-state index in [1.165, 1.54) is 135 Å². The number of nitrogens with one attached hydrogen (secondary N) is 1. The van der Waals surface area contributed by atoms with Crippen LogP contribution in [0.3, 0.4) is 0 Å². The molecule has 2 atom stereocenters. The van der Waals surface area contributed by atoms with Gasteiger partial charge in [-0.25, -0.2) is 4.79 Å². The summed E-state index contributed by atoms with van der Waals surface area (Å²) < 4.78 is 11.0. The molecule has 0 saturated carbocycles. The van der Waals surface area contributed by atoms with Crippen molar-refractivity contribution in [2.24, 2.45) is 0 Å². The van der Waals surface area contributed by atoms with Crippen molar-refractivity contribution in [1.82, 2.24) is 5.32 Å². The maximum absolute atomic E-state index is 12.8. The Morgan fingerprint density at radius 3 is 1.52 bits per heavy atom. The number of carbonyl (C=O) groups excluding carboxylic acids is 2. The highest BCUT2D eigenvalue weighted by molar-refractivity contribution is 5.77. The highest BCUT2D eigenvalue weighted by Gasteiger charge is 2.45. The summed E-state index contributed by atoms with van der Waals surface area (Å²) in [5.74, 6) is 0.0152. The fourth-order valence-electron chi connectivity index (χ4n) is 5.99. The first-order chi connectivity index (χ1) is 20.4. The first kappa shape index (κ1) is 38.5. The molecule has 1 fully saturated rings. The summed E-state index contributed by atoms with van der Waals surface area (Å²) in [4.78, 5) is 24.9. The van der Waals surface area contributed by atoms with Crippen molar-refractivity contribution in [3.05, 3.63) is 12.2 Å². The molecule has 0 aromatic carbocycles. The summed E-state index contributed by atoms with van der Waals surface area (Å²) >= 11 is 0. The second-order valence-corrected chi connectivity index (χ2v) is 13.3. The molecule has 0 aromatic heterocycles. The maximum Gasteiger partial charge on any atom is 0.509 e. The number of carbonyl (C=O) groups is 2. The molecule has 246 valence electrons. The van der Waals surface area contributed by atoms with E-state index in [1.54, 1.807) is 0 Å². The fraction of sp³-hybridized carbons (Fsp3) is 0.892. The molecule has 5 nitrogen and oxygen atoms in total. The third kappa shape index (κ3) is 20.4. The van der Waals surface area contributed by atoms with E-state index in [2.05, 4.69) is 25.2 Å². The Morgan fingerprint density at radius 1 is 0.667 bits per heavy atom. The molecule has 1 rings (SSSR count). The van der Waals surface area contributed by atoms with Gasteiger partial charge in [-0.05, 0) is 39.2 Å². The van der Waals surface area contributed by atoms with Crippen LogP contribution >= 0.6 is 0 Å². The molecule has 0 unspecified atom stereocenters. The quantitative estimate of drug-likeness (QED) is 0.0558. The molecule has 0 aliphatic carbocycles. The van der Waals surface area contributed by atoms with E-state index in [-0.39, 0.29) is 5.91 Å². The average molecular weight is 592 g/mol. The highest BCUT2D eigenvalue weighted by Crippen LogP contribution is 2.27. The van der Waals surface area contributed by atoms with Gasteiger partial charge in [-0.15, -0.1) is 0 Å². The van der Waals surface area contributed by atoms with E-state index in [9.17, 15) is 9.59 Å². The van der Waals surface area contributed by atoms with Gasteiger partial charge in [0, 0.05) is 6.42 Å². The van der Waals surface area contributed by atoms with Crippen LogP contribution in [-0.4, -0.2) is 29.8 Å². The van der Waals surface area contributed by atoms with E-state index in [0.717, 1.165) is 25.7 Å². The summed E-state index contributed by atoms with van der Waals surface area (Å²) in [7, 11) is 0. The number of unbranched alkanes of at least 4 members (excludes halogenated alkanes) is 23. The third-order valence-corrected chi connectivity index (χ3v) is 8.78. The summed E-state index contributed by atoms with van der Waals surface area (Å²) in [5.41, 5.74) is -0.813. The van der Waals surface area contributed by atoms with Crippen LogP contribution in [0.1, 0.15) is 195 Å². The number of hydrogen-bond acceptors (Lipinski definition) is 4. The minimum atomic E-state index is -0.813. The number of ether oxygens (including phenoxy) is 2. The Morgan fingerprint density at radius 2 is 1.07 bits per heavy atom. The van der Waals surface area contributed by atoms with Gasteiger partial charge < -0.3 is 14.8 Å². The van der Waals surface area contributed by atoms with Gasteiger partial charge in [0.2, 0.25) is 5.91 Å². The maximum atomic E-state index is 12.8. The normalized spacial score (nSPS) is 18.2. The van der Waals surface area contributed by atoms with Crippen LogP contribution in [0.2, 0.25) is 0 Å². The second kappa shape index (κ2) is 25.9. The number of amides is 1. The molecule has 0 radical (unpaired) electrons. The van der Waals surface area contributed by atoms with Gasteiger partial charge in [-0.3, -0.25) is 4.79 Å². The Labute approximate surface area is 260 Å². The first-order valence-corrected chi connectivity index (χ1v) is 18.3. The van der Waals surface area contributed by atoms with Gasteiger partial charge in [0.1, 0.15) is 17.7 Å². The summed E-state index contributed by atoms with van der Waals surface area (Å²) in [6.45, 7) is 8.25. The number of rotatable bonds is 28. The molecule has 42 heavy (non-hydrogen) atoms. The SMILES string of the molecule is CCCCCCCCCCCCC/C=C/[C@@H]1OC(=O)OC(C)(C)[C@@H]1NC(=O)CCCCCCCCCCCCCCC. The molecule has 1 aliphatic rings. The lowest BCUT2D eigenvalue weighted by Crippen LogP contribution is -2.61. The lowest BCUT2D eigenvalue weighted by molar-refractivity contribution is -0.135. The summed E-state index contributed by atoms with van der Waals surface area (Å²) in [5, 5.41) is 3.13. The van der Waals surface area contributed by atoms with Gasteiger partial charge in [0.05, 0.1) is 0 Å². The molecule has 5 heteroatoms. The van der Waals surface area contributed by atoms with Crippen LogP contribution in [0.5, 0.6) is 0 Å². The summed E-state index contributed by atoms with van der Waals surface area (Å²) in [6.07, 6.45) is 35.8. The zero-order valence-corrected chi connectivity index (χ0v) is 28.3. The average Bonchev–Trinajstić information content (AvgIpc) is 2.95. The standard InChI is InChI=1S/C37H69NO4/c1-5-7-9-11-13-15-17-19-21-23-25-27-29-31-33-35(37(3,4)42-36(40)41-33)38-34(39)32-30-28-26-24-22-20-18-16-14-12-10-8-6-2/h29,31,33,35H,5-28,30,32H2,1-4H3,(H,38,39)/b31-29+/t33-,35+/m0/s1. The molecule has 1 aliphatic heterocycles. The minimum Gasteiger partial charge on any atom is -0.426 e. The van der Waals surface area contributed by atoms with Crippen LogP contribution in [0.25, 0.3) is 0 Å². The Balaban J connectivity index is 2.20. The number of cyclic esters (lactones) is 2. The first-order valence-electron chi connectivity index (χ1n) is 18.3. The summed E-state index contributed by atoms with van der Waals surface area (Å²) in [6, 6.07) is -0.391. The lowest BCUT2D eigenvalue weighted by Gasteiger charge is -2.41. The highest BCUT2D eigenvalue weighted by atomic mass is 16.7. The van der Waals surface area contributed by atoms with Crippen LogP contribution < -0.4 is 5.32 Å². The van der Waals surface area contributed by atoms with E-state index in [1.807, 2.05) is 19.9 Å². The predicted molar refractivity (Wildman–Crippen MR) is 178 cm³/mol. The van der Waals surface area contributed by atoms with Crippen molar-refractivity contribution in [1.29, 1.82) is 0 Å². The number of hydrogen-bond donors (Lipinski definition) is 1. The fourth-order valence-corrected chi connectivity index (χ4v) is 5.99. The largest absolute Gasteiger partial charge is 0.509 e. The van der Waals surface area contributed by atoms with E-state index in [0.29, 0.717) is 6.42 Å². The zero-order chi connectivity index (χ0) is 30.7. The van der Waals surface area contributed by atoms with Gasteiger partial charge >= 0.3 is 6.16 Å². The lowest BCUT2D eigenvalue weighted by atomic mass is 9.91. The molecule has 0 aromatic rings. The Bertz CT molecular complexity index is 689. The minimum absolute atomic E-state index is 0.0152. The van der Waals surface area contributed by atoms with E-state index in [4.69, 9.17) is 9.47 Å². The molecule has 0 bridgehead atoms. The molecule has 1 amide bonds. The third-order valence-electron chi connectivity index (χ3n) is 8.78. The van der Waals surface area contributed by atoms with Gasteiger partial charge in [0.15, 0.2) is 0 Å². The smallest absolute Gasteiger partial charge is 0.426 e. The molecule has 1 heterocycles. The van der Waals surface area contributed by atoms with Crippen molar-refractivity contribution >= 4 is 12.1 Å². The molecule has 1 saturated heterocycles. The van der Waals surface area contributed by atoms with Crippen LogP contribution in [0, 0.1) is 0 Å². The predicted octanol–water partition coefficient (Wildman–Crippen LogP) is 11.5. The Hall–Kier alpha value is -1.52. The number of allylic oxidation sites excluding steroid dienone is 1. The van der Waals surface area contributed by atoms with Crippen molar-refractivity contribution < 1.29 is 19.1 Å². The van der Waals surface area contributed by atoms with E-state index < -0.39 is 23.9 Å². The van der Waals surface area contributed by atoms with Crippen LogP contribution in [0.4, 0.5) is 4.79 Å². The second-order valence-electron chi connectivity index (χ2n) is 13.3. The van der Waals surface area contributed by atoms with Crippen molar-refractivity contribution in [2.75, 3.05) is 0 Å². The van der Waals surface area contributed by atoms with Crippen molar-refractivity contribution in [3.8, 4) is 0 Å². The van der Waals surface area contributed by atoms with Crippen molar-refractivity contribution in [2.45, 2.75) is 212 Å². The molecule has 0 spiro atoms. The molecular weight excluding hydrogens is 522 g/mol. The van der Waals surface area contributed by atoms with Gasteiger partial charge in [-0.1, -0.05) is 161 Å². The van der Waals surface area contributed by atoms with Gasteiger partial charge in [0.25, 0.3) is 0 Å². The molecule has 1 N–H and O–H groups in total. The Kier molecular flexibility index (Phi) is 23.8. The van der Waals surface area contributed by atoms with Crippen LogP contribution in [-0.2, 0) is 14.3 Å². The molecular formula is C37H69NO4. The zero-order valence-electron chi connectivity index (χ0n) is 28.3. The topological polar surface area (TPSA) is 64.6 Å². The van der Waals surface area contributed by atoms with Crippen molar-refractivity contribution in [3.63, 3.8) is 0 Å².